The van der Waals surface area contributed by atoms with E-state index in [1.54, 1.807) is 0 Å². The Labute approximate surface area is 106 Å². The average molecular weight is 238 g/mol. The molecule has 2 N–H and O–H groups in total. The molecule has 2 aliphatic rings. The van der Waals surface area contributed by atoms with Crippen molar-refractivity contribution in [3.8, 4) is 0 Å². The lowest BCUT2D eigenvalue weighted by Gasteiger charge is -2.43. The largest absolute Gasteiger partial charge is 0.352 e. The van der Waals surface area contributed by atoms with Crippen molar-refractivity contribution in [3.63, 3.8) is 0 Å². The number of nitrogens with one attached hydrogen (secondary N) is 2. The maximum atomic E-state index is 3.59. The van der Waals surface area contributed by atoms with Crippen LogP contribution in [-0.4, -0.2) is 27.8 Å². The normalized spacial score (nSPS) is 25.2. The number of nitrogens with zero attached hydrogens (tertiary/aromatic N) is 1. The second-order valence-corrected chi connectivity index (χ2v) is 7.07. The van der Waals surface area contributed by atoms with Gasteiger partial charge in [0.2, 0.25) is 0 Å². The third-order valence-corrected chi connectivity index (χ3v) is 3.70. The summed E-state index contributed by atoms with van der Waals surface area (Å²) >= 11 is 0. The lowest BCUT2D eigenvalue weighted by molar-refractivity contribution is -0.672. The van der Waals surface area contributed by atoms with E-state index < -0.39 is 0 Å². The zero-order chi connectivity index (χ0) is 12.7. The molecule has 3 nitrogen and oxygen atoms in total. The molecule has 1 heterocycles. The van der Waals surface area contributed by atoms with Gasteiger partial charge in [0, 0.05) is 13.8 Å². The average Bonchev–Trinajstić information content (AvgIpc) is 2.15. The van der Waals surface area contributed by atoms with Crippen molar-refractivity contribution in [2.75, 3.05) is 0 Å². The first-order valence-corrected chi connectivity index (χ1v) is 7.02. The molecule has 0 unspecified atom stereocenters. The number of rotatable bonds is 1. The lowest BCUT2D eigenvalue weighted by Crippen LogP contribution is -2.74. The van der Waals surface area contributed by atoms with Crippen LogP contribution in [0, 0.1) is 0 Å². The Morgan fingerprint density at radius 3 is 2.24 bits per heavy atom. The first-order valence-electron chi connectivity index (χ1n) is 7.02. The van der Waals surface area contributed by atoms with Crippen molar-refractivity contribution in [2.45, 2.75) is 84.0 Å². The van der Waals surface area contributed by atoms with Crippen LogP contribution in [0.15, 0.2) is 0 Å². The van der Waals surface area contributed by atoms with Crippen molar-refractivity contribution in [3.05, 3.63) is 0 Å². The molecule has 0 bridgehead atoms. The van der Waals surface area contributed by atoms with Crippen molar-refractivity contribution >= 4 is 5.96 Å². The standard InChI is InChI=1S/C14H27N3/c1-13(2,3)15-12-16-14(4,5)17(12)11-9-7-6-8-10-11/h11H,6-10H2,1-5H3,(H,15,16)/p+1. The smallest absolute Gasteiger partial charge is 0.273 e. The molecule has 3 heteroatoms. The van der Waals surface area contributed by atoms with Crippen molar-refractivity contribution < 1.29 is 4.58 Å². The molecule has 1 aliphatic carbocycles. The first-order chi connectivity index (χ1) is 7.80. The van der Waals surface area contributed by atoms with Crippen LogP contribution in [0.4, 0.5) is 0 Å². The zero-order valence-corrected chi connectivity index (χ0v) is 12.1. The third-order valence-electron chi connectivity index (χ3n) is 3.70. The predicted octanol–water partition coefficient (Wildman–Crippen LogP) is 2.42. The van der Waals surface area contributed by atoms with Crippen molar-refractivity contribution in [1.29, 1.82) is 0 Å². The SMILES string of the molecule is CC(C)(C)NC1=[N+](C2CCCCC2)C(C)(C)N1. The van der Waals surface area contributed by atoms with Gasteiger partial charge >= 0.3 is 5.96 Å². The maximum Gasteiger partial charge on any atom is 0.352 e. The van der Waals surface area contributed by atoms with E-state index in [0.717, 1.165) is 6.04 Å². The minimum atomic E-state index is 0.121. The predicted molar refractivity (Wildman–Crippen MR) is 72.2 cm³/mol. The zero-order valence-electron chi connectivity index (χ0n) is 12.1. The van der Waals surface area contributed by atoms with Gasteiger partial charge in [0.05, 0.1) is 11.6 Å². The molecule has 1 saturated carbocycles. The number of hydrogen-bond donors (Lipinski definition) is 2. The van der Waals surface area contributed by atoms with E-state index in [-0.39, 0.29) is 11.2 Å². The molecule has 0 saturated heterocycles. The van der Waals surface area contributed by atoms with E-state index in [2.05, 4.69) is 49.8 Å². The van der Waals surface area contributed by atoms with Gasteiger partial charge in [-0.25, -0.2) is 9.89 Å². The van der Waals surface area contributed by atoms with Gasteiger partial charge < -0.3 is 0 Å². The maximum absolute atomic E-state index is 3.59. The monoisotopic (exact) mass is 238 g/mol. The number of guanidine groups is 1. The molecule has 0 amide bonds. The van der Waals surface area contributed by atoms with Gasteiger partial charge in [0.15, 0.2) is 5.66 Å². The molecule has 0 aromatic carbocycles. The molecule has 0 spiro atoms. The summed E-state index contributed by atoms with van der Waals surface area (Å²) in [7, 11) is 0. The van der Waals surface area contributed by atoms with Crippen molar-refractivity contribution in [1.82, 2.24) is 10.6 Å². The van der Waals surface area contributed by atoms with Gasteiger partial charge in [-0.05, 0) is 33.6 Å². The molecule has 1 aliphatic heterocycles. The van der Waals surface area contributed by atoms with Crippen LogP contribution >= 0.6 is 0 Å². The van der Waals surface area contributed by atoms with Gasteiger partial charge in [0.25, 0.3) is 0 Å². The van der Waals surface area contributed by atoms with Gasteiger partial charge in [-0.3, -0.25) is 5.32 Å². The van der Waals surface area contributed by atoms with Crippen LogP contribution in [0.5, 0.6) is 0 Å². The number of hydrogen-bond acceptors (Lipinski definition) is 2. The summed E-state index contributed by atoms with van der Waals surface area (Å²) in [5, 5.41) is 7.14. The molecule has 0 aromatic heterocycles. The summed E-state index contributed by atoms with van der Waals surface area (Å²) in [5.74, 6) is 1.23. The molecular weight excluding hydrogens is 210 g/mol. The van der Waals surface area contributed by atoms with Gasteiger partial charge in [-0.15, -0.1) is 0 Å². The molecule has 2 rings (SSSR count). The van der Waals surface area contributed by atoms with Crippen LogP contribution in [0.3, 0.4) is 0 Å². The Kier molecular flexibility index (Phi) is 3.13. The van der Waals surface area contributed by atoms with Crippen LogP contribution in [-0.2, 0) is 0 Å². The highest BCUT2D eigenvalue weighted by molar-refractivity contribution is 5.79. The van der Waals surface area contributed by atoms with Crippen molar-refractivity contribution in [2.24, 2.45) is 0 Å². The second kappa shape index (κ2) is 4.18. The Morgan fingerprint density at radius 2 is 1.76 bits per heavy atom. The summed E-state index contributed by atoms with van der Waals surface area (Å²) < 4.78 is 2.57. The van der Waals surface area contributed by atoms with Gasteiger partial charge in [-0.2, -0.15) is 0 Å². The minimum absolute atomic E-state index is 0.121. The lowest BCUT2D eigenvalue weighted by atomic mass is 9.92. The van der Waals surface area contributed by atoms with Gasteiger partial charge in [-0.1, -0.05) is 19.3 Å². The molecule has 1 fully saturated rings. The molecule has 0 atom stereocenters. The van der Waals surface area contributed by atoms with Crippen LogP contribution in [0.25, 0.3) is 0 Å². The highest BCUT2D eigenvalue weighted by Gasteiger charge is 2.47. The highest BCUT2D eigenvalue weighted by atomic mass is 15.5. The molecule has 0 aromatic rings. The summed E-state index contributed by atoms with van der Waals surface area (Å²) in [4.78, 5) is 0. The fraction of sp³-hybridized carbons (Fsp3) is 0.929. The minimum Gasteiger partial charge on any atom is -0.273 e. The van der Waals surface area contributed by atoms with Crippen LogP contribution in [0.2, 0.25) is 0 Å². The first kappa shape index (κ1) is 12.7. The summed E-state index contributed by atoms with van der Waals surface area (Å²) in [5.41, 5.74) is 0.251. The summed E-state index contributed by atoms with van der Waals surface area (Å²) in [6.07, 6.45) is 6.89. The van der Waals surface area contributed by atoms with Gasteiger partial charge in [0.1, 0.15) is 0 Å². The van der Waals surface area contributed by atoms with Crippen LogP contribution in [0.1, 0.15) is 66.7 Å². The summed E-state index contributed by atoms with van der Waals surface area (Å²) in [6, 6.07) is 0.727. The van der Waals surface area contributed by atoms with Crippen LogP contribution < -0.4 is 10.6 Å². The Hall–Kier alpha value is -0.730. The molecule has 17 heavy (non-hydrogen) atoms. The second-order valence-electron chi connectivity index (χ2n) is 7.07. The summed E-state index contributed by atoms with van der Waals surface area (Å²) in [6.45, 7) is 11.2. The molecular formula is C14H28N3+. The van der Waals surface area contributed by atoms with E-state index in [4.69, 9.17) is 0 Å². The Balaban J connectivity index is 2.16. The van der Waals surface area contributed by atoms with E-state index in [1.807, 2.05) is 0 Å². The third kappa shape index (κ3) is 2.75. The van der Waals surface area contributed by atoms with E-state index in [0.29, 0.717) is 0 Å². The highest BCUT2D eigenvalue weighted by Crippen LogP contribution is 2.27. The van der Waals surface area contributed by atoms with E-state index in [1.165, 1.54) is 38.1 Å². The molecule has 98 valence electrons. The van der Waals surface area contributed by atoms with E-state index >= 15 is 0 Å². The molecule has 0 radical (unpaired) electrons. The fourth-order valence-electron chi connectivity index (χ4n) is 3.06. The topological polar surface area (TPSA) is 27.1 Å². The fourth-order valence-corrected chi connectivity index (χ4v) is 3.06. The van der Waals surface area contributed by atoms with E-state index in [9.17, 15) is 0 Å². The quantitative estimate of drug-likeness (QED) is 0.686. The Bertz CT molecular complexity index is 317. The Morgan fingerprint density at radius 1 is 1.18 bits per heavy atom.